The number of imide groups is 1. The van der Waals surface area contributed by atoms with Gasteiger partial charge in [0, 0.05) is 14.0 Å². The summed E-state index contributed by atoms with van der Waals surface area (Å²) in [6, 6.07) is 1.76. The summed E-state index contributed by atoms with van der Waals surface area (Å²) in [5.74, 6) is -0.955. The van der Waals surface area contributed by atoms with Crippen LogP contribution >= 0.6 is 0 Å². The van der Waals surface area contributed by atoms with E-state index >= 15 is 0 Å². The van der Waals surface area contributed by atoms with Gasteiger partial charge in [0.2, 0.25) is 5.91 Å². The van der Waals surface area contributed by atoms with Crippen molar-refractivity contribution in [2.45, 2.75) is 34.1 Å². The fraction of sp³-hybridized carbons (Fsp3) is 0.353. The summed E-state index contributed by atoms with van der Waals surface area (Å²) in [6.07, 6.45) is 2.61. The molecule has 1 aliphatic rings. The summed E-state index contributed by atoms with van der Waals surface area (Å²) >= 11 is 0. The minimum absolute atomic E-state index is 0.270. The van der Waals surface area contributed by atoms with E-state index in [-0.39, 0.29) is 17.7 Å². The van der Waals surface area contributed by atoms with Crippen molar-refractivity contribution in [3.63, 3.8) is 0 Å². The molecule has 0 bridgehead atoms. The molecule has 3 amide bonds. The number of aryl methyl sites for hydroxylation is 1. The number of hydrogen-bond acceptors (Lipinski definition) is 3. The molecule has 5 heteroatoms. The molecule has 0 aliphatic carbocycles. The van der Waals surface area contributed by atoms with Gasteiger partial charge in [0.05, 0.1) is 16.8 Å². The lowest BCUT2D eigenvalue weighted by Crippen LogP contribution is -2.24. The molecule has 1 aromatic rings. The molecule has 0 spiro atoms. The Morgan fingerprint density at radius 1 is 1.18 bits per heavy atom. The Bertz CT molecular complexity index is 713. The van der Waals surface area contributed by atoms with E-state index in [0.717, 1.165) is 21.6 Å². The second-order valence-corrected chi connectivity index (χ2v) is 5.81. The van der Waals surface area contributed by atoms with Gasteiger partial charge in [-0.05, 0) is 44.4 Å². The van der Waals surface area contributed by atoms with Gasteiger partial charge in [-0.1, -0.05) is 11.6 Å². The molecular formula is C17H20N2O3. The summed E-state index contributed by atoms with van der Waals surface area (Å²) in [7, 11) is 1.46. The van der Waals surface area contributed by atoms with Gasteiger partial charge < -0.3 is 5.32 Å². The fourth-order valence-corrected chi connectivity index (χ4v) is 2.60. The van der Waals surface area contributed by atoms with Crippen molar-refractivity contribution in [1.29, 1.82) is 0 Å². The third-order valence-electron chi connectivity index (χ3n) is 3.72. The zero-order valence-corrected chi connectivity index (χ0v) is 13.5. The molecular weight excluding hydrogens is 280 g/mol. The summed E-state index contributed by atoms with van der Waals surface area (Å²) in [5, 5.41) is 2.66. The fourth-order valence-electron chi connectivity index (χ4n) is 2.60. The lowest BCUT2D eigenvalue weighted by Gasteiger charge is -2.13. The minimum Gasteiger partial charge on any atom is -0.326 e. The third-order valence-corrected chi connectivity index (χ3v) is 3.72. The highest BCUT2D eigenvalue weighted by Gasteiger charge is 2.37. The van der Waals surface area contributed by atoms with Crippen LogP contribution in [0.2, 0.25) is 0 Å². The highest BCUT2D eigenvalue weighted by Crippen LogP contribution is 2.34. The van der Waals surface area contributed by atoms with Crippen LogP contribution in [0, 0.1) is 6.92 Å². The smallest absolute Gasteiger partial charge is 0.263 e. The molecule has 1 heterocycles. The summed E-state index contributed by atoms with van der Waals surface area (Å²) in [5.41, 5.74) is 3.98. The van der Waals surface area contributed by atoms with Gasteiger partial charge in [-0.15, -0.1) is 0 Å². The molecule has 0 unspecified atom stereocenters. The first-order valence-corrected chi connectivity index (χ1v) is 7.13. The van der Waals surface area contributed by atoms with E-state index in [4.69, 9.17) is 0 Å². The van der Waals surface area contributed by atoms with E-state index < -0.39 is 0 Å². The molecule has 1 aliphatic heterocycles. The topological polar surface area (TPSA) is 66.5 Å². The number of nitrogens with zero attached hydrogens (tertiary/aromatic N) is 1. The van der Waals surface area contributed by atoms with Gasteiger partial charge in [-0.2, -0.15) is 0 Å². The number of fused-ring (bicyclic) bond motifs is 1. The number of carbonyl (C=O) groups excluding carboxylic acids is 3. The Kier molecular flexibility index (Phi) is 4.17. The van der Waals surface area contributed by atoms with Crippen LogP contribution in [0.15, 0.2) is 17.7 Å². The summed E-state index contributed by atoms with van der Waals surface area (Å²) in [4.78, 5) is 37.2. The van der Waals surface area contributed by atoms with Crippen molar-refractivity contribution in [3.8, 4) is 0 Å². The van der Waals surface area contributed by atoms with Crippen molar-refractivity contribution < 1.29 is 14.4 Å². The van der Waals surface area contributed by atoms with E-state index in [1.807, 2.05) is 26.8 Å². The average Bonchev–Trinajstić information content (AvgIpc) is 2.62. The molecule has 0 aromatic heterocycles. The number of allylic oxidation sites excluding steroid dienone is 2. The van der Waals surface area contributed by atoms with Gasteiger partial charge in [0.15, 0.2) is 0 Å². The van der Waals surface area contributed by atoms with E-state index in [9.17, 15) is 14.4 Å². The zero-order chi connectivity index (χ0) is 16.6. The Hall–Kier alpha value is -2.43. The standard InChI is InChI=1S/C17H20N2O3/c1-9(2)6-7-12-10(3)8-13(18-11(4)20)15-14(12)16(21)19(5)17(15)22/h6,8H,7H2,1-5H3,(H,18,20). The van der Waals surface area contributed by atoms with Crippen LogP contribution in [-0.4, -0.2) is 29.7 Å². The minimum atomic E-state index is -0.373. The molecule has 0 fully saturated rings. The van der Waals surface area contributed by atoms with E-state index in [1.54, 1.807) is 6.07 Å². The maximum atomic E-state index is 12.4. The predicted octanol–water partition coefficient (Wildman–Crippen LogP) is 2.69. The van der Waals surface area contributed by atoms with Crippen LogP contribution in [0.25, 0.3) is 0 Å². The largest absolute Gasteiger partial charge is 0.326 e. The maximum absolute atomic E-state index is 12.4. The van der Waals surface area contributed by atoms with Crippen molar-refractivity contribution in [2.24, 2.45) is 0 Å². The van der Waals surface area contributed by atoms with E-state index in [2.05, 4.69) is 5.32 Å². The normalized spacial score (nSPS) is 13.2. The second-order valence-electron chi connectivity index (χ2n) is 5.81. The molecule has 0 saturated carbocycles. The van der Waals surface area contributed by atoms with Gasteiger partial charge in [-0.25, -0.2) is 0 Å². The molecule has 2 rings (SSSR count). The Morgan fingerprint density at radius 2 is 1.77 bits per heavy atom. The Labute approximate surface area is 130 Å². The van der Waals surface area contributed by atoms with Gasteiger partial charge in [-0.3, -0.25) is 19.3 Å². The lowest BCUT2D eigenvalue weighted by molar-refractivity contribution is -0.114. The van der Waals surface area contributed by atoms with Gasteiger partial charge >= 0.3 is 0 Å². The number of hydrogen-bond donors (Lipinski definition) is 1. The van der Waals surface area contributed by atoms with Gasteiger partial charge in [0.25, 0.3) is 11.8 Å². The number of benzene rings is 1. The molecule has 1 N–H and O–H groups in total. The quantitative estimate of drug-likeness (QED) is 0.689. The van der Waals surface area contributed by atoms with Crippen LogP contribution in [-0.2, 0) is 11.2 Å². The van der Waals surface area contributed by atoms with Crippen LogP contribution in [0.5, 0.6) is 0 Å². The first-order valence-electron chi connectivity index (χ1n) is 7.13. The predicted molar refractivity (Wildman–Crippen MR) is 85.0 cm³/mol. The summed E-state index contributed by atoms with van der Waals surface area (Å²) in [6.45, 7) is 7.24. The van der Waals surface area contributed by atoms with Crippen LogP contribution < -0.4 is 5.32 Å². The Morgan fingerprint density at radius 3 is 2.32 bits per heavy atom. The van der Waals surface area contributed by atoms with Crippen molar-refractivity contribution in [2.75, 3.05) is 12.4 Å². The third kappa shape index (κ3) is 2.66. The van der Waals surface area contributed by atoms with Crippen molar-refractivity contribution >= 4 is 23.4 Å². The van der Waals surface area contributed by atoms with Crippen molar-refractivity contribution in [1.82, 2.24) is 4.90 Å². The van der Waals surface area contributed by atoms with Crippen molar-refractivity contribution in [3.05, 3.63) is 40.0 Å². The second kappa shape index (κ2) is 5.75. The molecule has 1 aromatic carbocycles. The average molecular weight is 300 g/mol. The number of carbonyl (C=O) groups is 3. The van der Waals surface area contributed by atoms with Crippen LogP contribution in [0.4, 0.5) is 5.69 Å². The Balaban J connectivity index is 2.70. The van der Waals surface area contributed by atoms with E-state index in [1.165, 1.54) is 14.0 Å². The molecule has 22 heavy (non-hydrogen) atoms. The molecule has 5 nitrogen and oxygen atoms in total. The molecule has 0 saturated heterocycles. The lowest BCUT2D eigenvalue weighted by atomic mass is 9.93. The number of anilines is 1. The first kappa shape index (κ1) is 15.9. The van der Waals surface area contributed by atoms with Crippen LogP contribution in [0.1, 0.15) is 52.6 Å². The monoisotopic (exact) mass is 300 g/mol. The highest BCUT2D eigenvalue weighted by atomic mass is 16.2. The zero-order valence-electron chi connectivity index (χ0n) is 13.5. The maximum Gasteiger partial charge on any atom is 0.263 e. The number of rotatable bonds is 3. The number of amides is 3. The molecule has 116 valence electrons. The first-order chi connectivity index (χ1) is 10.2. The van der Waals surface area contributed by atoms with Crippen LogP contribution in [0.3, 0.4) is 0 Å². The van der Waals surface area contributed by atoms with E-state index in [0.29, 0.717) is 23.2 Å². The summed E-state index contributed by atoms with van der Waals surface area (Å²) < 4.78 is 0. The van der Waals surface area contributed by atoms with Gasteiger partial charge in [0.1, 0.15) is 0 Å². The SMILES string of the molecule is CC(=O)Nc1cc(C)c(CC=C(C)C)c2c1C(=O)N(C)C2=O. The number of nitrogens with one attached hydrogen (secondary N) is 1. The molecule has 0 radical (unpaired) electrons. The highest BCUT2D eigenvalue weighted by molar-refractivity contribution is 6.25. The molecule has 0 atom stereocenters.